The quantitative estimate of drug-likeness (QED) is 0.627. The second-order valence-corrected chi connectivity index (χ2v) is 9.01. The lowest BCUT2D eigenvalue weighted by Crippen LogP contribution is -2.75. The van der Waals surface area contributed by atoms with Crippen LogP contribution >= 0.6 is 0 Å². The molecule has 0 bridgehead atoms. The number of carbonyl (C=O) groups excluding carboxylic acids is 3. The van der Waals surface area contributed by atoms with Crippen LogP contribution in [0.15, 0.2) is 24.7 Å². The van der Waals surface area contributed by atoms with Gasteiger partial charge in [-0.25, -0.2) is 19.7 Å². The first-order chi connectivity index (χ1) is 15.7. The van der Waals surface area contributed by atoms with Crippen molar-refractivity contribution in [1.82, 2.24) is 25.6 Å². The van der Waals surface area contributed by atoms with E-state index in [1.54, 1.807) is 23.5 Å². The number of fused-ring (bicyclic) bond motifs is 4. The molecule has 0 aromatic carbocycles. The fourth-order valence-corrected chi connectivity index (χ4v) is 5.16. The molecule has 2 N–H and O–H groups in total. The van der Waals surface area contributed by atoms with Crippen molar-refractivity contribution in [3.05, 3.63) is 30.2 Å². The fraction of sp³-hybridized carbons (Fsp3) is 0.455. The van der Waals surface area contributed by atoms with E-state index in [0.29, 0.717) is 18.3 Å². The number of pyridine rings is 1. The van der Waals surface area contributed by atoms with Crippen LogP contribution in [0.4, 0.5) is 16.6 Å². The molecule has 33 heavy (non-hydrogen) atoms. The van der Waals surface area contributed by atoms with Crippen molar-refractivity contribution < 1.29 is 19.1 Å². The fourth-order valence-electron chi connectivity index (χ4n) is 5.16. The van der Waals surface area contributed by atoms with Crippen LogP contribution < -0.4 is 20.4 Å². The van der Waals surface area contributed by atoms with E-state index in [9.17, 15) is 14.4 Å². The van der Waals surface area contributed by atoms with E-state index in [1.807, 2.05) is 38.9 Å². The van der Waals surface area contributed by atoms with Crippen LogP contribution in [0.5, 0.6) is 0 Å². The molecule has 3 atom stereocenters. The van der Waals surface area contributed by atoms with Crippen molar-refractivity contribution in [1.29, 1.82) is 0 Å². The molecular formula is C22H25N7O4. The van der Waals surface area contributed by atoms with E-state index in [0.717, 1.165) is 16.7 Å². The Morgan fingerprint density at radius 3 is 2.30 bits per heavy atom. The SMILES string of the molecule is C[C@@H]1CN2c3ncc(-c4cnc(N(C)C)nc4)cc3CC3(C(=O)NC(=O)NC3=O)[C@@H]2[C@@H](C)O1. The molecule has 0 saturated carbocycles. The van der Waals surface area contributed by atoms with Gasteiger partial charge in [-0.05, 0) is 25.5 Å². The van der Waals surface area contributed by atoms with E-state index < -0.39 is 35.4 Å². The van der Waals surface area contributed by atoms with Crippen LogP contribution in [0, 0.1) is 5.41 Å². The van der Waals surface area contributed by atoms with Crippen LogP contribution in [0.2, 0.25) is 0 Å². The molecule has 172 valence electrons. The lowest BCUT2D eigenvalue weighted by Gasteiger charge is -2.54. The average molecular weight is 451 g/mol. The molecule has 3 aliphatic heterocycles. The number of nitrogens with zero attached hydrogens (tertiary/aromatic N) is 5. The van der Waals surface area contributed by atoms with Gasteiger partial charge in [-0.2, -0.15) is 0 Å². The highest BCUT2D eigenvalue weighted by molar-refractivity contribution is 6.20. The summed E-state index contributed by atoms with van der Waals surface area (Å²) in [5, 5.41) is 4.58. The molecule has 3 aliphatic rings. The van der Waals surface area contributed by atoms with Gasteiger partial charge in [0.15, 0.2) is 5.41 Å². The zero-order valence-electron chi connectivity index (χ0n) is 18.8. The number of amides is 4. The summed E-state index contributed by atoms with van der Waals surface area (Å²) in [6.45, 7) is 4.25. The lowest BCUT2D eigenvalue weighted by atomic mass is 9.67. The molecule has 2 aromatic rings. The molecule has 2 saturated heterocycles. The summed E-state index contributed by atoms with van der Waals surface area (Å²) in [5.41, 5.74) is 0.756. The number of rotatable bonds is 2. The Balaban J connectivity index is 1.62. The molecular weight excluding hydrogens is 426 g/mol. The third-order valence-electron chi connectivity index (χ3n) is 6.51. The second kappa shape index (κ2) is 7.48. The molecule has 11 heteroatoms. The summed E-state index contributed by atoms with van der Waals surface area (Å²) in [5.74, 6) is 0.0552. The summed E-state index contributed by atoms with van der Waals surface area (Å²) in [4.78, 5) is 55.5. The summed E-state index contributed by atoms with van der Waals surface area (Å²) in [6.07, 6.45) is 4.71. The number of nitrogens with one attached hydrogen (secondary N) is 2. The lowest BCUT2D eigenvalue weighted by molar-refractivity contribution is -0.153. The smallest absolute Gasteiger partial charge is 0.328 e. The molecule has 2 aromatic heterocycles. The number of ether oxygens (including phenoxy) is 1. The van der Waals surface area contributed by atoms with E-state index >= 15 is 0 Å². The zero-order valence-corrected chi connectivity index (χ0v) is 18.8. The number of urea groups is 1. The third kappa shape index (κ3) is 3.22. The van der Waals surface area contributed by atoms with Crippen molar-refractivity contribution in [2.75, 3.05) is 30.4 Å². The van der Waals surface area contributed by atoms with Crippen LogP contribution in [-0.2, 0) is 20.7 Å². The number of hydrogen-bond donors (Lipinski definition) is 2. The molecule has 4 amide bonds. The van der Waals surface area contributed by atoms with Gasteiger partial charge >= 0.3 is 6.03 Å². The number of anilines is 2. The number of morpholine rings is 1. The van der Waals surface area contributed by atoms with Gasteiger partial charge in [-0.1, -0.05) is 0 Å². The minimum atomic E-state index is -1.52. The van der Waals surface area contributed by atoms with Gasteiger partial charge in [0, 0.05) is 56.8 Å². The first-order valence-corrected chi connectivity index (χ1v) is 10.8. The number of hydrogen-bond acceptors (Lipinski definition) is 9. The highest BCUT2D eigenvalue weighted by Crippen LogP contribution is 2.46. The van der Waals surface area contributed by atoms with E-state index in [2.05, 4.69) is 20.6 Å². The van der Waals surface area contributed by atoms with Crippen LogP contribution in [0.1, 0.15) is 19.4 Å². The number of carbonyl (C=O) groups is 3. The number of aromatic nitrogens is 3. The van der Waals surface area contributed by atoms with Crippen molar-refractivity contribution in [3.63, 3.8) is 0 Å². The minimum Gasteiger partial charge on any atom is -0.372 e. The predicted molar refractivity (Wildman–Crippen MR) is 119 cm³/mol. The molecule has 0 unspecified atom stereocenters. The first-order valence-electron chi connectivity index (χ1n) is 10.8. The Morgan fingerprint density at radius 2 is 1.67 bits per heavy atom. The predicted octanol–water partition coefficient (Wildman–Crippen LogP) is 0.495. The Labute approximate surface area is 190 Å². The summed E-state index contributed by atoms with van der Waals surface area (Å²) in [6, 6.07) is 0.502. The normalized spacial score (nSPS) is 25.8. The van der Waals surface area contributed by atoms with Gasteiger partial charge in [-0.15, -0.1) is 0 Å². The van der Waals surface area contributed by atoms with Gasteiger partial charge in [0.25, 0.3) is 0 Å². The van der Waals surface area contributed by atoms with Gasteiger partial charge in [0.05, 0.1) is 18.2 Å². The van der Waals surface area contributed by atoms with Crippen molar-refractivity contribution in [3.8, 4) is 11.1 Å². The number of barbiturate groups is 1. The first kappa shape index (κ1) is 21.3. The standard InChI is InChI=1S/C22H25N7O4/c1-11-10-29-16(12(2)33-11)22(18(30)26-21(32)27-19(22)31)6-13-5-14(7-23-17(13)29)15-8-24-20(25-9-15)28(3)4/h5,7-9,11-12,16H,6,10H2,1-4H3,(H2,26,27,30,31,32)/t11-,12-,16+/m1/s1. The van der Waals surface area contributed by atoms with Crippen molar-refractivity contribution in [2.45, 2.75) is 38.5 Å². The van der Waals surface area contributed by atoms with Gasteiger partial charge in [-0.3, -0.25) is 20.2 Å². The van der Waals surface area contributed by atoms with E-state index in [1.165, 1.54) is 0 Å². The summed E-state index contributed by atoms with van der Waals surface area (Å²) in [7, 11) is 3.72. The highest BCUT2D eigenvalue weighted by Gasteiger charge is 2.63. The van der Waals surface area contributed by atoms with Gasteiger partial charge < -0.3 is 14.5 Å². The minimum absolute atomic E-state index is 0.0913. The molecule has 5 rings (SSSR count). The number of imide groups is 2. The largest absolute Gasteiger partial charge is 0.372 e. The summed E-state index contributed by atoms with van der Waals surface area (Å²) < 4.78 is 6.01. The molecule has 1 spiro atoms. The third-order valence-corrected chi connectivity index (χ3v) is 6.51. The highest BCUT2D eigenvalue weighted by atomic mass is 16.5. The van der Waals surface area contributed by atoms with Crippen molar-refractivity contribution >= 4 is 29.6 Å². The summed E-state index contributed by atoms with van der Waals surface area (Å²) >= 11 is 0. The zero-order chi connectivity index (χ0) is 23.5. The topological polar surface area (TPSA) is 130 Å². The van der Waals surface area contributed by atoms with E-state index in [-0.39, 0.29) is 12.5 Å². The molecule has 0 radical (unpaired) electrons. The Bertz CT molecular complexity index is 1130. The maximum Gasteiger partial charge on any atom is 0.328 e. The Kier molecular flexibility index (Phi) is 4.82. The molecule has 2 fully saturated rings. The monoisotopic (exact) mass is 451 g/mol. The molecule has 11 nitrogen and oxygen atoms in total. The van der Waals surface area contributed by atoms with Crippen LogP contribution in [0.3, 0.4) is 0 Å². The van der Waals surface area contributed by atoms with Crippen LogP contribution in [0.25, 0.3) is 11.1 Å². The van der Waals surface area contributed by atoms with Crippen LogP contribution in [-0.4, -0.2) is 71.7 Å². The maximum atomic E-state index is 13.2. The van der Waals surface area contributed by atoms with Gasteiger partial charge in [0.1, 0.15) is 5.82 Å². The van der Waals surface area contributed by atoms with Crippen molar-refractivity contribution in [2.24, 2.45) is 5.41 Å². The Morgan fingerprint density at radius 1 is 1.03 bits per heavy atom. The van der Waals surface area contributed by atoms with E-state index in [4.69, 9.17) is 9.72 Å². The van der Waals surface area contributed by atoms with Gasteiger partial charge in [0.2, 0.25) is 17.8 Å². The molecule has 0 aliphatic carbocycles. The maximum absolute atomic E-state index is 13.2. The molecule has 5 heterocycles. The Hall–Kier alpha value is -3.60. The second-order valence-electron chi connectivity index (χ2n) is 9.01. The average Bonchev–Trinajstić information content (AvgIpc) is 2.76.